The lowest BCUT2D eigenvalue weighted by molar-refractivity contribution is -0.134. The summed E-state index contributed by atoms with van der Waals surface area (Å²) < 4.78 is 17.8. The molecule has 11 nitrogen and oxygen atoms in total. The summed E-state index contributed by atoms with van der Waals surface area (Å²) in [4.78, 5) is 43.6. The minimum atomic E-state index is -0.965. The van der Waals surface area contributed by atoms with E-state index in [2.05, 4.69) is 46.4 Å². The van der Waals surface area contributed by atoms with E-state index in [1.807, 2.05) is 35.4 Å². The van der Waals surface area contributed by atoms with Crippen molar-refractivity contribution in [2.24, 2.45) is 0 Å². The minimum Gasteiger partial charge on any atom is -0.374 e. The number of carbonyl (C=O) groups is 2. The van der Waals surface area contributed by atoms with Crippen LogP contribution in [0.15, 0.2) is 42.7 Å². The fourth-order valence-electron chi connectivity index (χ4n) is 9.52. The first-order valence-corrected chi connectivity index (χ1v) is 20.8. The molecule has 3 aliphatic heterocycles. The summed E-state index contributed by atoms with van der Waals surface area (Å²) >= 11 is 0. The van der Waals surface area contributed by atoms with Crippen molar-refractivity contribution in [3.8, 4) is 11.3 Å². The van der Waals surface area contributed by atoms with Crippen molar-refractivity contribution in [3.05, 3.63) is 65.2 Å². The van der Waals surface area contributed by atoms with E-state index in [9.17, 15) is 14.7 Å². The van der Waals surface area contributed by atoms with E-state index in [0.717, 1.165) is 54.7 Å². The Balaban J connectivity index is 1.18. The molecule has 5 heterocycles. The number of nitrogens with one attached hydrogen (secondary N) is 2. The second-order valence-corrected chi connectivity index (χ2v) is 17.0. The lowest BCUT2D eigenvalue weighted by Crippen LogP contribution is -2.58. The molecule has 1 unspecified atom stereocenters. The molecule has 2 aromatic heterocycles. The zero-order chi connectivity index (χ0) is 39.5. The summed E-state index contributed by atoms with van der Waals surface area (Å²) in [5.74, 6) is 0.209. The second-order valence-electron chi connectivity index (χ2n) is 17.0. The number of aromatic nitrogens is 3. The van der Waals surface area contributed by atoms with Crippen LogP contribution in [-0.4, -0.2) is 85.6 Å². The predicted octanol–water partition coefficient (Wildman–Crippen LogP) is 7.49. The molecule has 4 aromatic rings. The van der Waals surface area contributed by atoms with Crippen LogP contribution < -0.4 is 15.5 Å². The van der Waals surface area contributed by atoms with E-state index in [-0.39, 0.29) is 35.6 Å². The zero-order valence-electron chi connectivity index (χ0n) is 33.7. The van der Waals surface area contributed by atoms with Crippen LogP contribution in [0.4, 0.5) is 21.6 Å². The van der Waals surface area contributed by atoms with Crippen LogP contribution >= 0.6 is 0 Å². The van der Waals surface area contributed by atoms with Gasteiger partial charge in [-0.15, -0.1) is 0 Å². The number of aryl methyl sites for hydroxylation is 1. The Hall–Kier alpha value is -4.39. The van der Waals surface area contributed by atoms with E-state index < -0.39 is 17.5 Å². The van der Waals surface area contributed by atoms with E-state index in [1.165, 1.54) is 25.3 Å². The Bertz CT molecular complexity index is 2130. The van der Waals surface area contributed by atoms with Gasteiger partial charge in [0.1, 0.15) is 17.6 Å². The highest BCUT2D eigenvalue weighted by molar-refractivity contribution is 6.09. The Morgan fingerprint density at radius 3 is 2.43 bits per heavy atom. The summed E-state index contributed by atoms with van der Waals surface area (Å²) in [6, 6.07) is 12.1. The number of piperidine rings is 2. The van der Waals surface area contributed by atoms with Crippen LogP contribution in [0.25, 0.3) is 22.3 Å². The third-order valence-electron chi connectivity index (χ3n) is 13.2. The molecule has 56 heavy (non-hydrogen) atoms. The van der Waals surface area contributed by atoms with Gasteiger partial charge in [0, 0.05) is 61.0 Å². The van der Waals surface area contributed by atoms with Gasteiger partial charge < -0.3 is 29.7 Å². The Kier molecular flexibility index (Phi) is 10.4. The average molecular weight is 765 g/mol. The normalized spacial score (nSPS) is 22.1. The third-order valence-corrected chi connectivity index (χ3v) is 13.2. The first-order chi connectivity index (χ1) is 26.9. The van der Waals surface area contributed by atoms with Gasteiger partial charge in [-0.05, 0) is 121 Å². The topological polar surface area (TPSA) is 119 Å². The molecule has 1 spiro atoms. The smallest absolute Gasteiger partial charge is 0.238 e. The molecule has 3 N–H and O–H groups in total. The maximum Gasteiger partial charge on any atom is 0.238 e. The monoisotopic (exact) mass is 764 g/mol. The minimum absolute atomic E-state index is 0.0487. The van der Waals surface area contributed by atoms with Crippen LogP contribution in [0.5, 0.6) is 0 Å². The van der Waals surface area contributed by atoms with Crippen molar-refractivity contribution in [3.63, 3.8) is 0 Å². The molecule has 2 saturated heterocycles. The number of hydrogen-bond acceptors (Lipinski definition) is 8. The number of nitrogens with zero attached hydrogens (tertiary/aromatic N) is 6. The lowest BCUT2D eigenvalue weighted by atomic mass is 9.73. The predicted molar refractivity (Wildman–Crippen MR) is 219 cm³/mol. The summed E-state index contributed by atoms with van der Waals surface area (Å²) in [5.41, 5.74) is 5.71. The third kappa shape index (κ3) is 6.77. The number of anilines is 3. The van der Waals surface area contributed by atoms with E-state index in [0.29, 0.717) is 60.1 Å². The standard InChI is InChI=1S/C44H57FN8O3/c1-7-28(5)47-42(55)33-23-37(35(45)19-27(33)4)49-41-40-38(46-25-52(40)26(2)3)24-36(48-41)30-11-12-34-39(20-30)53(32-21-31(22-32)51-15-9-8-10-16-51)43(56)44(34)13-17-50(18-14-44)29(6)54/h11-12,19-20,23-26,28,31-32,42,47,55H,7-10,13-18,21-22H2,1-6H3,(H,48,49)/t28-,31-,32+,42?/m1/s1. The van der Waals surface area contributed by atoms with Gasteiger partial charge in [0.2, 0.25) is 11.8 Å². The van der Waals surface area contributed by atoms with Crippen molar-refractivity contribution < 1.29 is 19.1 Å². The lowest BCUT2D eigenvalue weighted by Gasteiger charge is -2.48. The molecule has 8 rings (SSSR count). The highest BCUT2D eigenvalue weighted by Gasteiger charge is 2.55. The summed E-state index contributed by atoms with van der Waals surface area (Å²) in [6.45, 7) is 15.0. The number of amides is 2. The van der Waals surface area contributed by atoms with Crippen molar-refractivity contribution >= 4 is 40.0 Å². The Labute approximate surface area is 329 Å². The molecular formula is C44H57FN8O3. The number of aliphatic hydroxyl groups is 1. The molecule has 12 heteroatoms. The maximum absolute atomic E-state index is 15.8. The van der Waals surface area contributed by atoms with Gasteiger partial charge in [0.05, 0.1) is 28.6 Å². The van der Waals surface area contributed by atoms with Gasteiger partial charge in [-0.2, -0.15) is 0 Å². The van der Waals surface area contributed by atoms with Gasteiger partial charge in [0.25, 0.3) is 0 Å². The number of pyridine rings is 1. The molecule has 1 aliphatic carbocycles. The van der Waals surface area contributed by atoms with Gasteiger partial charge >= 0.3 is 0 Å². The molecule has 0 radical (unpaired) electrons. The van der Waals surface area contributed by atoms with Crippen molar-refractivity contribution in [1.82, 2.24) is 29.7 Å². The van der Waals surface area contributed by atoms with Crippen LogP contribution in [0, 0.1) is 12.7 Å². The number of aliphatic hydroxyl groups excluding tert-OH is 1. The van der Waals surface area contributed by atoms with E-state index in [4.69, 9.17) is 9.97 Å². The van der Waals surface area contributed by atoms with Gasteiger partial charge in [0.15, 0.2) is 5.82 Å². The largest absolute Gasteiger partial charge is 0.374 e. The number of benzene rings is 2. The second kappa shape index (κ2) is 15.2. The number of carbonyl (C=O) groups excluding carboxylic acids is 2. The molecule has 1 saturated carbocycles. The first-order valence-electron chi connectivity index (χ1n) is 20.8. The summed E-state index contributed by atoms with van der Waals surface area (Å²) in [6.07, 6.45) is 8.57. The van der Waals surface area contributed by atoms with Crippen LogP contribution in [0.2, 0.25) is 0 Å². The number of rotatable bonds is 10. The SMILES string of the molecule is CC[C@@H](C)NC(O)c1cc(Nc2nc(-c3ccc4c(c3)N([C@H]3C[C@@H](N5CCCCC5)C3)C(=O)C43CCN(C(C)=O)CC3)cc3ncn(C(C)C)c23)c(F)cc1C. The molecule has 2 amide bonds. The number of fused-ring (bicyclic) bond motifs is 3. The van der Waals surface area contributed by atoms with E-state index in [1.54, 1.807) is 26.2 Å². The highest BCUT2D eigenvalue weighted by atomic mass is 19.1. The fraction of sp³-hybridized carbons (Fsp3) is 0.545. The number of likely N-dealkylation sites (tertiary alicyclic amines) is 2. The van der Waals surface area contributed by atoms with Crippen molar-refractivity contribution in [2.75, 3.05) is 36.4 Å². The van der Waals surface area contributed by atoms with Crippen LogP contribution in [0.3, 0.4) is 0 Å². The molecule has 3 fully saturated rings. The van der Waals surface area contributed by atoms with Crippen molar-refractivity contribution in [2.45, 2.75) is 129 Å². The van der Waals surface area contributed by atoms with Crippen LogP contribution in [-0.2, 0) is 15.0 Å². The van der Waals surface area contributed by atoms with Gasteiger partial charge in [-0.25, -0.2) is 14.4 Å². The maximum atomic E-state index is 15.8. The van der Waals surface area contributed by atoms with E-state index >= 15 is 4.39 Å². The molecule has 4 aliphatic rings. The highest BCUT2D eigenvalue weighted by Crippen LogP contribution is 2.52. The number of hydrogen-bond donors (Lipinski definition) is 3. The summed E-state index contributed by atoms with van der Waals surface area (Å²) in [5, 5.41) is 17.6. The average Bonchev–Trinajstić information content (AvgIpc) is 3.70. The quantitative estimate of drug-likeness (QED) is 0.142. The molecular weight excluding hydrogens is 708 g/mol. The van der Waals surface area contributed by atoms with Crippen molar-refractivity contribution in [1.29, 1.82) is 0 Å². The summed E-state index contributed by atoms with van der Waals surface area (Å²) in [7, 11) is 0. The molecule has 2 atom stereocenters. The fourth-order valence-corrected chi connectivity index (χ4v) is 9.52. The zero-order valence-corrected chi connectivity index (χ0v) is 33.7. The Morgan fingerprint density at radius 1 is 1.02 bits per heavy atom. The molecule has 298 valence electrons. The van der Waals surface area contributed by atoms with Crippen LogP contribution in [0.1, 0.15) is 115 Å². The number of imidazole rings is 1. The Morgan fingerprint density at radius 2 is 1.75 bits per heavy atom. The van der Waals surface area contributed by atoms with Gasteiger partial charge in [-0.3, -0.25) is 14.9 Å². The van der Waals surface area contributed by atoms with Gasteiger partial charge in [-0.1, -0.05) is 25.5 Å². The molecule has 0 bridgehead atoms. The first kappa shape index (κ1) is 38.5. The molecule has 2 aromatic carbocycles. The number of halogens is 1.